The van der Waals surface area contributed by atoms with Crippen molar-refractivity contribution in [3.8, 4) is 11.1 Å². The maximum atomic E-state index is 14.0. The van der Waals surface area contributed by atoms with Gasteiger partial charge in [0.2, 0.25) is 0 Å². The molecule has 4 heterocycles. The van der Waals surface area contributed by atoms with Crippen molar-refractivity contribution in [1.82, 2.24) is 24.2 Å². The second kappa shape index (κ2) is 10.3. The first-order valence-corrected chi connectivity index (χ1v) is 12.0. The number of fused-ring (bicyclic) bond motifs is 1. The highest BCUT2D eigenvalue weighted by Gasteiger charge is 2.34. The highest BCUT2D eigenvalue weighted by atomic mass is 35.5. The predicted octanol–water partition coefficient (Wildman–Crippen LogP) is 3.98. The number of methoxy groups -OCH3 is 1. The van der Waals surface area contributed by atoms with Crippen molar-refractivity contribution in [3.05, 3.63) is 82.6 Å². The topological polar surface area (TPSA) is 97.4 Å². The number of carbonyl (C=O) groups is 1. The fourth-order valence-electron chi connectivity index (χ4n) is 4.60. The van der Waals surface area contributed by atoms with Gasteiger partial charge in [-0.15, -0.1) is 0 Å². The summed E-state index contributed by atoms with van der Waals surface area (Å²) >= 11 is 6.51. The van der Waals surface area contributed by atoms with Crippen LogP contribution in [0.5, 0.6) is 0 Å². The number of halogens is 2. The Kier molecular flexibility index (Phi) is 6.96. The van der Waals surface area contributed by atoms with Crippen LogP contribution in [0.2, 0.25) is 5.02 Å². The average Bonchev–Trinajstić information content (AvgIpc) is 3.49. The molecule has 1 aliphatic rings. The first-order chi connectivity index (χ1) is 17.9. The molecule has 9 nitrogen and oxygen atoms in total. The Morgan fingerprint density at radius 3 is 2.81 bits per heavy atom. The van der Waals surface area contributed by atoms with Crippen molar-refractivity contribution in [2.75, 3.05) is 19.0 Å². The minimum absolute atomic E-state index is 0.149. The largest absolute Gasteiger partial charge is 0.392 e. The number of nitrogens with one attached hydrogen (secondary N) is 1. The van der Waals surface area contributed by atoms with Gasteiger partial charge in [0.1, 0.15) is 23.1 Å². The van der Waals surface area contributed by atoms with E-state index in [9.17, 15) is 14.3 Å². The number of anilines is 2. The van der Waals surface area contributed by atoms with Gasteiger partial charge in [0.05, 0.1) is 30.5 Å². The van der Waals surface area contributed by atoms with E-state index < -0.39 is 5.82 Å². The van der Waals surface area contributed by atoms with E-state index >= 15 is 0 Å². The molecule has 5 rings (SSSR count). The summed E-state index contributed by atoms with van der Waals surface area (Å²) in [7, 11) is 3.40. The van der Waals surface area contributed by atoms with Crippen LogP contribution < -0.4 is 5.32 Å². The van der Waals surface area contributed by atoms with Crippen molar-refractivity contribution < 1.29 is 19.0 Å². The predicted molar refractivity (Wildman–Crippen MR) is 137 cm³/mol. The van der Waals surface area contributed by atoms with Gasteiger partial charge >= 0.3 is 0 Å². The highest BCUT2D eigenvalue weighted by molar-refractivity contribution is 6.33. The number of rotatable bonds is 8. The number of hydrogen-bond acceptors (Lipinski definition) is 6. The van der Waals surface area contributed by atoms with Crippen LogP contribution in [0.3, 0.4) is 0 Å². The Morgan fingerprint density at radius 1 is 1.24 bits per heavy atom. The number of carbonyl (C=O) groups excluding carboxylic acids is 1. The summed E-state index contributed by atoms with van der Waals surface area (Å²) < 4.78 is 23.0. The first kappa shape index (κ1) is 24.9. The van der Waals surface area contributed by atoms with E-state index in [-0.39, 0.29) is 25.1 Å². The number of benzene rings is 1. The minimum atomic E-state index is -0.423. The molecule has 1 amide bonds. The van der Waals surface area contributed by atoms with Crippen molar-refractivity contribution >= 4 is 29.1 Å². The molecule has 2 N–H and O–H groups in total. The molecule has 0 fully saturated rings. The van der Waals surface area contributed by atoms with Crippen LogP contribution in [0.15, 0.2) is 55.0 Å². The van der Waals surface area contributed by atoms with Gasteiger partial charge in [-0.25, -0.2) is 9.37 Å². The lowest BCUT2D eigenvalue weighted by Gasteiger charge is -2.36. The molecule has 11 heteroatoms. The van der Waals surface area contributed by atoms with Gasteiger partial charge in [0.25, 0.3) is 5.91 Å². The number of amides is 1. The molecule has 0 bridgehead atoms. The normalized spacial score (nSPS) is 15.2. The smallest absolute Gasteiger partial charge is 0.271 e. The molecule has 0 saturated carbocycles. The van der Waals surface area contributed by atoms with Crippen molar-refractivity contribution in [2.24, 2.45) is 7.05 Å². The highest BCUT2D eigenvalue weighted by Crippen LogP contribution is 2.34. The van der Waals surface area contributed by atoms with E-state index in [2.05, 4.69) is 15.4 Å². The Labute approximate surface area is 218 Å². The molecule has 1 aliphatic heterocycles. The summed E-state index contributed by atoms with van der Waals surface area (Å²) in [6.07, 6.45) is 5.14. The first-order valence-electron chi connectivity index (χ1n) is 11.7. The van der Waals surface area contributed by atoms with Gasteiger partial charge in [-0.1, -0.05) is 17.7 Å². The number of ether oxygens (including phenoxy) is 1. The van der Waals surface area contributed by atoms with E-state index in [1.807, 2.05) is 29.9 Å². The third kappa shape index (κ3) is 4.95. The lowest BCUT2D eigenvalue weighted by Crippen LogP contribution is -2.49. The number of aliphatic hydroxyl groups is 1. The van der Waals surface area contributed by atoms with Gasteiger partial charge < -0.3 is 24.6 Å². The number of nitrogens with zero attached hydrogens (tertiary/aromatic N) is 5. The lowest BCUT2D eigenvalue weighted by atomic mass is 10.0. The average molecular weight is 525 g/mol. The monoisotopic (exact) mass is 524 g/mol. The zero-order chi connectivity index (χ0) is 26.1. The quantitative estimate of drug-likeness (QED) is 0.362. The van der Waals surface area contributed by atoms with Gasteiger partial charge in [-0.2, -0.15) is 5.10 Å². The molecular weight excluding hydrogens is 499 g/mol. The zero-order valence-electron chi connectivity index (χ0n) is 20.4. The Morgan fingerprint density at radius 2 is 2.08 bits per heavy atom. The molecule has 37 heavy (non-hydrogen) atoms. The minimum Gasteiger partial charge on any atom is -0.392 e. The van der Waals surface area contributed by atoms with Crippen molar-refractivity contribution in [1.29, 1.82) is 0 Å². The van der Waals surface area contributed by atoms with Crippen LogP contribution in [0.4, 0.5) is 16.0 Å². The number of aromatic nitrogens is 4. The summed E-state index contributed by atoms with van der Waals surface area (Å²) in [5, 5.41) is 17.5. The van der Waals surface area contributed by atoms with E-state index in [0.717, 1.165) is 16.9 Å². The second-order valence-corrected chi connectivity index (χ2v) is 9.30. The van der Waals surface area contributed by atoms with E-state index in [4.69, 9.17) is 16.3 Å². The molecular formula is C26H26ClFN6O3. The van der Waals surface area contributed by atoms with Crippen LogP contribution in [0.1, 0.15) is 21.6 Å². The third-order valence-corrected chi connectivity index (χ3v) is 6.81. The second-order valence-electron chi connectivity index (χ2n) is 8.89. The molecule has 0 saturated heterocycles. The zero-order valence-corrected chi connectivity index (χ0v) is 21.1. The standard InChI is InChI=1S/C26H26ClFN6O3/c1-32-25(5-6-30-32)31-24-9-21(22(27)10-29-24)18-8-23-26(36)34(20(15-37-2)13-33(23)11-18)12-17-7-19(28)4-3-16(17)14-35/h3-11,20,35H,12-15H2,1-2H3,(H,29,31). The lowest BCUT2D eigenvalue weighted by molar-refractivity contribution is 0.0386. The SMILES string of the molecule is COCC1Cn2cc(-c3cc(Nc4ccnn4C)ncc3Cl)cc2C(=O)N1Cc1cc(F)ccc1CO. The van der Waals surface area contributed by atoms with Gasteiger partial charge in [-0.05, 0) is 35.4 Å². The van der Waals surface area contributed by atoms with E-state index in [1.165, 1.54) is 18.2 Å². The molecule has 0 spiro atoms. The fraction of sp³-hybridized carbons (Fsp3) is 0.269. The van der Waals surface area contributed by atoms with Crippen LogP contribution >= 0.6 is 11.6 Å². The summed E-state index contributed by atoms with van der Waals surface area (Å²) in [5.74, 6) is 0.712. The Bertz CT molecular complexity index is 1450. The van der Waals surface area contributed by atoms with Gasteiger partial charge in [0.15, 0.2) is 0 Å². The Hall–Kier alpha value is -3.73. The number of pyridine rings is 1. The van der Waals surface area contributed by atoms with Crippen LogP contribution in [0.25, 0.3) is 11.1 Å². The summed E-state index contributed by atoms with van der Waals surface area (Å²) in [6.45, 7) is 0.692. The maximum absolute atomic E-state index is 14.0. The van der Waals surface area contributed by atoms with Crippen molar-refractivity contribution in [3.63, 3.8) is 0 Å². The summed E-state index contributed by atoms with van der Waals surface area (Å²) in [5.41, 5.74) is 3.10. The molecule has 1 unspecified atom stereocenters. The molecule has 1 atom stereocenters. The molecule has 3 aromatic heterocycles. The fourth-order valence-corrected chi connectivity index (χ4v) is 4.81. The molecule has 4 aromatic rings. The summed E-state index contributed by atoms with van der Waals surface area (Å²) in [4.78, 5) is 19.7. The van der Waals surface area contributed by atoms with Crippen LogP contribution in [-0.4, -0.2) is 55.0 Å². The number of hydrogen-bond donors (Lipinski definition) is 2. The molecule has 1 aromatic carbocycles. The van der Waals surface area contributed by atoms with E-state index in [0.29, 0.717) is 40.8 Å². The molecule has 0 radical (unpaired) electrons. The third-order valence-electron chi connectivity index (χ3n) is 6.51. The summed E-state index contributed by atoms with van der Waals surface area (Å²) in [6, 6.07) is 9.36. The van der Waals surface area contributed by atoms with Gasteiger partial charge in [0, 0.05) is 56.8 Å². The number of aryl methyl sites for hydroxylation is 1. The Balaban J connectivity index is 1.47. The van der Waals surface area contributed by atoms with Crippen LogP contribution in [0, 0.1) is 5.82 Å². The van der Waals surface area contributed by atoms with E-state index in [1.54, 1.807) is 35.2 Å². The maximum Gasteiger partial charge on any atom is 0.271 e. The van der Waals surface area contributed by atoms with Crippen LogP contribution in [-0.2, 0) is 31.5 Å². The molecule has 0 aliphatic carbocycles. The number of aliphatic hydroxyl groups excluding tert-OH is 1. The molecule has 192 valence electrons. The van der Waals surface area contributed by atoms with Gasteiger partial charge in [-0.3, -0.25) is 9.48 Å². The van der Waals surface area contributed by atoms with Crippen molar-refractivity contribution in [2.45, 2.75) is 25.7 Å².